The zero-order valence-corrected chi connectivity index (χ0v) is 28.9. The number of fused-ring (bicyclic) bond motifs is 1. The maximum Gasteiger partial charge on any atom is 0.325 e. The van der Waals surface area contributed by atoms with Crippen molar-refractivity contribution >= 4 is 57.9 Å². The Morgan fingerprint density at radius 2 is 1.67 bits per heavy atom. The number of allylic oxidation sites excluding steroid dienone is 1. The molecule has 0 aliphatic carbocycles. The molecule has 1 fully saturated rings. The maximum atomic E-state index is 14.7. The van der Waals surface area contributed by atoms with Crippen LogP contribution in [0.1, 0.15) is 71.0 Å². The number of carbonyl (C=O) groups is 3. The third-order valence-electron chi connectivity index (χ3n) is 8.91. The molecule has 3 aliphatic rings. The highest BCUT2D eigenvalue weighted by Crippen LogP contribution is 2.56. The molecule has 11 heteroatoms. The van der Waals surface area contributed by atoms with Gasteiger partial charge in [-0.15, -0.1) is 0 Å². The summed E-state index contributed by atoms with van der Waals surface area (Å²) in [5.41, 5.74) is 2.23. The first kappa shape index (κ1) is 33.4. The number of likely N-dealkylation sites (N-methyl/N-ethyl adjacent to an activating group) is 1. The number of aliphatic imine (C=N–C) groups is 1. The molecule has 5 rings (SSSR count). The average molecular weight is 672 g/mol. The van der Waals surface area contributed by atoms with Gasteiger partial charge >= 0.3 is 5.97 Å². The van der Waals surface area contributed by atoms with E-state index in [2.05, 4.69) is 25.7 Å². The fourth-order valence-corrected chi connectivity index (χ4v) is 8.35. The Kier molecular flexibility index (Phi) is 9.92. The summed E-state index contributed by atoms with van der Waals surface area (Å²) in [5.74, 6) is -0.914. The molecule has 45 heavy (non-hydrogen) atoms. The Bertz CT molecular complexity index is 1530. The van der Waals surface area contributed by atoms with Crippen LogP contribution in [0.3, 0.4) is 0 Å². The minimum atomic E-state index is -0.677. The van der Waals surface area contributed by atoms with E-state index in [1.165, 1.54) is 16.7 Å². The van der Waals surface area contributed by atoms with Gasteiger partial charge in [0.25, 0.3) is 5.91 Å². The highest BCUT2D eigenvalue weighted by molar-refractivity contribution is 8.18. The molecule has 3 heterocycles. The van der Waals surface area contributed by atoms with Crippen molar-refractivity contribution in [2.24, 2.45) is 10.9 Å². The molecule has 2 aromatic carbocycles. The second-order valence-electron chi connectivity index (χ2n) is 12.2. The molecule has 0 unspecified atom stereocenters. The van der Waals surface area contributed by atoms with Gasteiger partial charge in [0.1, 0.15) is 23.0 Å². The van der Waals surface area contributed by atoms with Crippen molar-refractivity contribution in [3.8, 4) is 0 Å². The SMILES string of the molecule is CCOC(=O)CN(C)C(=O)[C@@H]1CC[C@@H](CC)N1C(=O)C1=C(C(C)C)N2C(=N[C@@](C)(c3ccc(Cl)cc3)[C@H]2c2ccc(Cl)cc2)S1. The van der Waals surface area contributed by atoms with Crippen LogP contribution in [0, 0.1) is 5.92 Å². The van der Waals surface area contributed by atoms with Crippen LogP contribution < -0.4 is 0 Å². The first-order chi connectivity index (χ1) is 21.4. The summed E-state index contributed by atoms with van der Waals surface area (Å²) in [6, 6.07) is 14.6. The lowest BCUT2D eigenvalue weighted by molar-refractivity contribution is -0.150. The molecule has 0 saturated carbocycles. The van der Waals surface area contributed by atoms with E-state index in [9.17, 15) is 14.4 Å². The number of rotatable bonds is 9. The third kappa shape index (κ3) is 6.23. The predicted molar refractivity (Wildman–Crippen MR) is 180 cm³/mol. The molecular weight excluding hydrogens is 631 g/mol. The number of amides is 2. The molecule has 0 N–H and O–H groups in total. The zero-order chi connectivity index (χ0) is 32.6. The van der Waals surface area contributed by atoms with Gasteiger partial charge in [0.05, 0.1) is 12.6 Å². The van der Waals surface area contributed by atoms with Gasteiger partial charge in [-0.2, -0.15) is 0 Å². The van der Waals surface area contributed by atoms with Crippen LogP contribution in [0.15, 0.2) is 64.1 Å². The Morgan fingerprint density at radius 3 is 2.24 bits per heavy atom. The molecule has 0 aromatic heterocycles. The standard InChI is InChI=1S/C34H40Cl2N4O4S/c1-7-25-17-18-26(31(42)38(6)19-27(41)44-8-2)39(25)32(43)29-28(20(3)4)40-30(21-9-13-23(35)14-10-21)34(5,37-33(40)45-29)22-11-15-24(36)16-12-22/h9-16,20,25-26,30H,7-8,17-19H2,1-6H3/t25-,26+,30-,34+/m1/s1. The number of benzene rings is 2. The fourth-order valence-electron chi connectivity index (χ4n) is 6.75. The van der Waals surface area contributed by atoms with Gasteiger partial charge in [-0.3, -0.25) is 14.4 Å². The van der Waals surface area contributed by atoms with Crippen molar-refractivity contribution in [3.05, 3.63) is 80.3 Å². The number of hydrogen-bond donors (Lipinski definition) is 0. The van der Waals surface area contributed by atoms with Crippen molar-refractivity contribution in [1.29, 1.82) is 0 Å². The summed E-state index contributed by atoms with van der Waals surface area (Å²) in [7, 11) is 1.59. The zero-order valence-electron chi connectivity index (χ0n) is 26.5. The molecule has 0 bridgehead atoms. The Labute approximate surface area is 279 Å². The van der Waals surface area contributed by atoms with Crippen LogP contribution in [0.25, 0.3) is 0 Å². The second-order valence-corrected chi connectivity index (χ2v) is 14.1. The lowest BCUT2D eigenvalue weighted by Crippen LogP contribution is -2.50. The lowest BCUT2D eigenvalue weighted by Gasteiger charge is -2.37. The number of hydrogen-bond acceptors (Lipinski definition) is 7. The van der Waals surface area contributed by atoms with Crippen molar-refractivity contribution in [3.63, 3.8) is 0 Å². The summed E-state index contributed by atoms with van der Waals surface area (Å²) >= 11 is 13.9. The normalized spacial score (nSPS) is 24.3. The molecule has 0 spiro atoms. The molecule has 1 saturated heterocycles. The topological polar surface area (TPSA) is 82.5 Å². The number of likely N-dealkylation sites (tertiary alicyclic amines) is 1. The van der Waals surface area contributed by atoms with Crippen molar-refractivity contribution < 1.29 is 19.1 Å². The van der Waals surface area contributed by atoms with E-state index >= 15 is 0 Å². The van der Waals surface area contributed by atoms with E-state index in [1.807, 2.05) is 55.5 Å². The van der Waals surface area contributed by atoms with E-state index in [1.54, 1.807) is 18.9 Å². The number of carbonyl (C=O) groups excluding carboxylic acids is 3. The van der Waals surface area contributed by atoms with E-state index in [4.69, 9.17) is 32.9 Å². The van der Waals surface area contributed by atoms with E-state index in [0.717, 1.165) is 28.4 Å². The van der Waals surface area contributed by atoms with Crippen molar-refractivity contribution in [2.75, 3.05) is 20.2 Å². The van der Waals surface area contributed by atoms with Crippen LogP contribution in [-0.2, 0) is 24.7 Å². The molecule has 2 amide bonds. The number of nitrogens with zero attached hydrogens (tertiary/aromatic N) is 4. The van der Waals surface area contributed by atoms with Gasteiger partial charge in [-0.1, -0.05) is 68.2 Å². The van der Waals surface area contributed by atoms with Crippen LogP contribution in [0.4, 0.5) is 0 Å². The summed E-state index contributed by atoms with van der Waals surface area (Å²) in [4.78, 5) is 51.7. The summed E-state index contributed by atoms with van der Waals surface area (Å²) < 4.78 is 5.06. The smallest absolute Gasteiger partial charge is 0.325 e. The quantitative estimate of drug-likeness (QED) is 0.267. The number of amidine groups is 1. The average Bonchev–Trinajstić information content (AvgIpc) is 3.67. The van der Waals surface area contributed by atoms with Crippen LogP contribution in [0.2, 0.25) is 10.0 Å². The number of thioether (sulfide) groups is 1. The molecule has 2 aromatic rings. The first-order valence-corrected chi connectivity index (χ1v) is 17.0. The van der Waals surface area contributed by atoms with Crippen LogP contribution in [0.5, 0.6) is 0 Å². The number of halogens is 2. The molecule has 8 nitrogen and oxygen atoms in total. The summed E-state index contributed by atoms with van der Waals surface area (Å²) in [5, 5.41) is 2.03. The number of esters is 1. The third-order valence-corrected chi connectivity index (χ3v) is 10.5. The Morgan fingerprint density at radius 1 is 1.04 bits per heavy atom. The highest BCUT2D eigenvalue weighted by Gasteiger charge is 2.54. The second kappa shape index (κ2) is 13.4. The van der Waals surface area contributed by atoms with Crippen molar-refractivity contribution in [2.45, 2.75) is 77.5 Å². The molecular formula is C34H40Cl2N4O4S. The Hall–Kier alpha value is -3.01. The summed E-state index contributed by atoms with van der Waals surface area (Å²) in [6.45, 7) is 10.1. The van der Waals surface area contributed by atoms with Gasteiger partial charge < -0.3 is 19.4 Å². The van der Waals surface area contributed by atoms with Crippen molar-refractivity contribution in [1.82, 2.24) is 14.7 Å². The minimum absolute atomic E-state index is 0.0187. The Balaban J connectivity index is 1.55. The highest BCUT2D eigenvalue weighted by atomic mass is 35.5. The van der Waals surface area contributed by atoms with Gasteiger partial charge in [0, 0.05) is 28.8 Å². The summed E-state index contributed by atoms with van der Waals surface area (Å²) in [6.07, 6.45) is 1.98. The monoisotopic (exact) mass is 670 g/mol. The van der Waals surface area contributed by atoms with E-state index in [-0.39, 0.29) is 43.0 Å². The van der Waals surface area contributed by atoms with Gasteiger partial charge in [-0.05, 0) is 86.2 Å². The van der Waals surface area contributed by atoms with E-state index in [0.29, 0.717) is 27.8 Å². The van der Waals surface area contributed by atoms with Gasteiger partial charge in [0.2, 0.25) is 5.91 Å². The van der Waals surface area contributed by atoms with Gasteiger partial charge in [0.15, 0.2) is 5.17 Å². The first-order valence-electron chi connectivity index (χ1n) is 15.5. The molecule has 3 aliphatic heterocycles. The lowest BCUT2D eigenvalue weighted by atomic mass is 9.81. The molecule has 240 valence electrons. The largest absolute Gasteiger partial charge is 0.465 e. The van der Waals surface area contributed by atoms with E-state index < -0.39 is 17.6 Å². The minimum Gasteiger partial charge on any atom is -0.465 e. The van der Waals surface area contributed by atoms with Crippen LogP contribution >= 0.6 is 35.0 Å². The predicted octanol–water partition coefficient (Wildman–Crippen LogP) is 7.03. The molecule has 0 radical (unpaired) electrons. The maximum absolute atomic E-state index is 14.7. The fraction of sp³-hybridized carbons (Fsp3) is 0.471. The number of ether oxygens (including phenoxy) is 1. The van der Waals surface area contributed by atoms with Gasteiger partial charge in [-0.25, -0.2) is 4.99 Å². The molecule has 4 atom stereocenters. The van der Waals surface area contributed by atoms with Crippen LogP contribution in [-0.4, -0.2) is 69.9 Å².